The van der Waals surface area contributed by atoms with E-state index in [0.29, 0.717) is 12.1 Å². The number of rotatable bonds is 5. The van der Waals surface area contributed by atoms with Crippen molar-refractivity contribution in [3.05, 3.63) is 0 Å². The lowest BCUT2D eigenvalue weighted by molar-refractivity contribution is 0.141. The van der Waals surface area contributed by atoms with Crippen LogP contribution < -0.4 is 10.6 Å². The molecule has 2 aliphatic rings. The van der Waals surface area contributed by atoms with Gasteiger partial charge in [-0.3, -0.25) is 9.89 Å². The molecule has 98 valence electrons. The molecule has 0 aromatic rings. The normalized spacial score (nSPS) is 29.2. The van der Waals surface area contributed by atoms with E-state index < -0.39 is 0 Å². The number of likely N-dealkylation sites (tertiary alicyclic amines) is 1. The predicted octanol–water partition coefficient (Wildman–Crippen LogP) is 0.0345. The van der Waals surface area contributed by atoms with Gasteiger partial charge in [0.2, 0.25) is 0 Å². The summed E-state index contributed by atoms with van der Waals surface area (Å²) in [7, 11) is 1.77. The van der Waals surface area contributed by atoms with Crippen molar-refractivity contribution in [1.82, 2.24) is 15.5 Å². The van der Waals surface area contributed by atoms with Gasteiger partial charge in [0, 0.05) is 32.3 Å². The highest BCUT2D eigenvalue weighted by molar-refractivity contribution is 5.81. The van der Waals surface area contributed by atoms with Gasteiger partial charge in [-0.1, -0.05) is 0 Å². The van der Waals surface area contributed by atoms with Crippen molar-refractivity contribution in [2.24, 2.45) is 4.99 Å². The van der Waals surface area contributed by atoms with Crippen LogP contribution in [0.5, 0.6) is 0 Å². The number of methoxy groups -OCH3 is 1. The minimum absolute atomic E-state index is 0.477. The quantitative estimate of drug-likeness (QED) is 0.712. The number of nitrogens with one attached hydrogen (secondary N) is 2. The standard InChI is InChI=1S/C12H24N4O/c1-10-8-13-12(15-10)14-9-11-4-3-5-16(11)6-7-17-2/h10-11H,3-9H2,1-2H3,(H2,13,14,15). The van der Waals surface area contributed by atoms with Gasteiger partial charge in [0.1, 0.15) is 0 Å². The maximum Gasteiger partial charge on any atom is 0.191 e. The van der Waals surface area contributed by atoms with Crippen LogP contribution in [0.25, 0.3) is 0 Å². The van der Waals surface area contributed by atoms with Crippen LogP contribution in [0, 0.1) is 0 Å². The van der Waals surface area contributed by atoms with Crippen LogP contribution in [0.4, 0.5) is 0 Å². The van der Waals surface area contributed by atoms with Crippen molar-refractivity contribution in [2.45, 2.75) is 31.8 Å². The SMILES string of the molecule is COCCN1CCCC1CNC1=NCC(C)N1. The van der Waals surface area contributed by atoms with Crippen LogP contribution in [-0.4, -0.2) is 62.8 Å². The minimum Gasteiger partial charge on any atom is -0.383 e. The first-order valence-corrected chi connectivity index (χ1v) is 6.57. The van der Waals surface area contributed by atoms with E-state index in [1.54, 1.807) is 7.11 Å². The van der Waals surface area contributed by atoms with Crippen molar-refractivity contribution in [3.8, 4) is 0 Å². The van der Waals surface area contributed by atoms with E-state index in [4.69, 9.17) is 4.74 Å². The van der Waals surface area contributed by atoms with E-state index in [0.717, 1.165) is 32.2 Å². The fraction of sp³-hybridized carbons (Fsp3) is 0.917. The molecule has 1 fully saturated rings. The van der Waals surface area contributed by atoms with Crippen LogP contribution in [0.3, 0.4) is 0 Å². The molecule has 0 spiro atoms. The molecule has 2 heterocycles. The number of guanidine groups is 1. The summed E-state index contributed by atoms with van der Waals surface area (Å²) in [4.78, 5) is 6.93. The summed E-state index contributed by atoms with van der Waals surface area (Å²) < 4.78 is 5.15. The molecule has 0 aliphatic carbocycles. The van der Waals surface area contributed by atoms with Gasteiger partial charge in [-0.05, 0) is 26.3 Å². The van der Waals surface area contributed by atoms with Crippen molar-refractivity contribution in [3.63, 3.8) is 0 Å². The van der Waals surface area contributed by atoms with Crippen LogP contribution in [0.1, 0.15) is 19.8 Å². The Balaban J connectivity index is 1.70. The van der Waals surface area contributed by atoms with Crippen LogP contribution in [0.15, 0.2) is 4.99 Å². The van der Waals surface area contributed by atoms with E-state index in [-0.39, 0.29) is 0 Å². The summed E-state index contributed by atoms with van der Waals surface area (Å²) >= 11 is 0. The predicted molar refractivity (Wildman–Crippen MR) is 69.4 cm³/mol. The summed E-state index contributed by atoms with van der Waals surface area (Å²) in [5, 5.41) is 6.75. The number of ether oxygens (including phenoxy) is 1. The summed E-state index contributed by atoms with van der Waals surface area (Å²) in [6.07, 6.45) is 2.58. The second-order valence-electron chi connectivity index (χ2n) is 4.94. The Labute approximate surface area is 104 Å². The second kappa shape index (κ2) is 6.21. The van der Waals surface area contributed by atoms with E-state index >= 15 is 0 Å². The lowest BCUT2D eigenvalue weighted by Gasteiger charge is -2.24. The monoisotopic (exact) mass is 240 g/mol. The van der Waals surface area contributed by atoms with E-state index in [1.807, 2.05) is 0 Å². The highest BCUT2D eigenvalue weighted by Gasteiger charge is 2.24. The van der Waals surface area contributed by atoms with Crippen molar-refractivity contribution in [2.75, 3.05) is 39.9 Å². The molecule has 2 unspecified atom stereocenters. The number of hydrogen-bond donors (Lipinski definition) is 2. The molecule has 2 N–H and O–H groups in total. The molecule has 0 aromatic carbocycles. The molecule has 0 amide bonds. The van der Waals surface area contributed by atoms with Gasteiger partial charge in [0.15, 0.2) is 5.96 Å². The average molecular weight is 240 g/mol. The van der Waals surface area contributed by atoms with E-state index in [1.165, 1.54) is 19.4 Å². The molecule has 1 saturated heterocycles. The zero-order valence-electron chi connectivity index (χ0n) is 10.9. The number of aliphatic imine (C=N–C) groups is 1. The first-order valence-electron chi connectivity index (χ1n) is 6.57. The second-order valence-corrected chi connectivity index (χ2v) is 4.94. The Hall–Kier alpha value is -0.810. The smallest absolute Gasteiger partial charge is 0.191 e. The summed E-state index contributed by atoms with van der Waals surface area (Å²) in [5.41, 5.74) is 0. The molecule has 5 heteroatoms. The third-order valence-corrected chi connectivity index (χ3v) is 3.49. The van der Waals surface area contributed by atoms with Gasteiger partial charge in [-0.2, -0.15) is 0 Å². The zero-order valence-corrected chi connectivity index (χ0v) is 10.9. The molecule has 0 saturated carbocycles. The maximum absolute atomic E-state index is 5.15. The van der Waals surface area contributed by atoms with Crippen LogP contribution in [0.2, 0.25) is 0 Å². The van der Waals surface area contributed by atoms with Gasteiger partial charge >= 0.3 is 0 Å². The zero-order chi connectivity index (χ0) is 12.1. The molecule has 2 atom stereocenters. The summed E-state index contributed by atoms with van der Waals surface area (Å²) in [6.45, 7) is 7.10. The van der Waals surface area contributed by atoms with Crippen molar-refractivity contribution >= 4 is 5.96 Å². The highest BCUT2D eigenvalue weighted by Crippen LogP contribution is 2.15. The molecule has 5 nitrogen and oxygen atoms in total. The average Bonchev–Trinajstić information content (AvgIpc) is 2.92. The molecule has 2 aliphatic heterocycles. The fourth-order valence-corrected chi connectivity index (χ4v) is 2.50. The van der Waals surface area contributed by atoms with Gasteiger partial charge in [0.05, 0.1) is 13.2 Å². The minimum atomic E-state index is 0.477. The maximum atomic E-state index is 5.15. The van der Waals surface area contributed by atoms with Gasteiger partial charge in [-0.15, -0.1) is 0 Å². The molecule has 0 bridgehead atoms. The van der Waals surface area contributed by atoms with Gasteiger partial charge in [0.25, 0.3) is 0 Å². The Morgan fingerprint density at radius 2 is 2.47 bits per heavy atom. The van der Waals surface area contributed by atoms with Crippen molar-refractivity contribution < 1.29 is 4.74 Å². The number of nitrogens with zero attached hydrogens (tertiary/aromatic N) is 2. The van der Waals surface area contributed by atoms with E-state index in [2.05, 4.69) is 27.4 Å². The first-order chi connectivity index (χ1) is 8.29. The third-order valence-electron chi connectivity index (χ3n) is 3.49. The summed E-state index contributed by atoms with van der Waals surface area (Å²) in [5.74, 6) is 0.969. The third kappa shape index (κ3) is 3.57. The molecule has 17 heavy (non-hydrogen) atoms. The molecular formula is C12H24N4O. The van der Waals surface area contributed by atoms with Gasteiger partial charge < -0.3 is 15.4 Å². The Morgan fingerprint density at radius 1 is 1.59 bits per heavy atom. The lowest BCUT2D eigenvalue weighted by atomic mass is 10.2. The molecular weight excluding hydrogens is 216 g/mol. The fourth-order valence-electron chi connectivity index (χ4n) is 2.50. The highest BCUT2D eigenvalue weighted by atomic mass is 16.5. The van der Waals surface area contributed by atoms with Crippen LogP contribution >= 0.6 is 0 Å². The largest absolute Gasteiger partial charge is 0.383 e. The van der Waals surface area contributed by atoms with Crippen LogP contribution in [-0.2, 0) is 4.74 Å². The first kappa shape index (κ1) is 12.6. The molecule has 2 rings (SSSR count). The number of hydrogen-bond acceptors (Lipinski definition) is 5. The Morgan fingerprint density at radius 3 is 3.18 bits per heavy atom. The lowest BCUT2D eigenvalue weighted by Crippen LogP contribution is -2.45. The summed E-state index contributed by atoms with van der Waals surface area (Å²) in [6, 6.07) is 1.11. The van der Waals surface area contributed by atoms with Crippen molar-refractivity contribution in [1.29, 1.82) is 0 Å². The Bertz CT molecular complexity index is 269. The molecule has 0 aromatic heterocycles. The van der Waals surface area contributed by atoms with Gasteiger partial charge in [-0.25, -0.2) is 0 Å². The van der Waals surface area contributed by atoms with E-state index in [9.17, 15) is 0 Å². The topological polar surface area (TPSA) is 48.9 Å². The molecule has 0 radical (unpaired) electrons. The Kier molecular flexibility index (Phi) is 4.62.